The number of ether oxygens (including phenoxy) is 2. The quantitative estimate of drug-likeness (QED) is 0.576. The van der Waals surface area contributed by atoms with Gasteiger partial charge in [-0.15, -0.1) is 0 Å². The molecule has 0 radical (unpaired) electrons. The molecule has 0 aromatic carbocycles. The Bertz CT molecular complexity index is 410. The molecular formula is C11H20N6O2. The van der Waals surface area contributed by atoms with Crippen molar-refractivity contribution >= 4 is 11.9 Å². The summed E-state index contributed by atoms with van der Waals surface area (Å²) in [5, 5.41) is 0. The normalized spacial score (nSPS) is 16.2. The Balaban J connectivity index is 2.18. The molecule has 0 saturated carbocycles. The van der Waals surface area contributed by atoms with Crippen LogP contribution in [0.1, 0.15) is 19.8 Å². The van der Waals surface area contributed by atoms with Crippen molar-refractivity contribution in [1.82, 2.24) is 15.0 Å². The maximum atomic E-state index is 5.37. The second-order valence-corrected chi connectivity index (χ2v) is 4.27. The Morgan fingerprint density at radius 1 is 1.37 bits per heavy atom. The van der Waals surface area contributed by atoms with Crippen molar-refractivity contribution in [3.63, 3.8) is 0 Å². The highest BCUT2D eigenvalue weighted by molar-refractivity contribution is 5.38. The van der Waals surface area contributed by atoms with Gasteiger partial charge in [-0.25, -0.2) is 5.84 Å². The minimum Gasteiger partial charge on any atom is -0.464 e. The van der Waals surface area contributed by atoms with E-state index in [0.717, 1.165) is 26.1 Å². The van der Waals surface area contributed by atoms with Gasteiger partial charge in [-0.2, -0.15) is 15.0 Å². The molecule has 8 heteroatoms. The fourth-order valence-electron chi connectivity index (χ4n) is 2.00. The van der Waals surface area contributed by atoms with Crippen molar-refractivity contribution in [1.29, 1.82) is 0 Å². The topological polar surface area (TPSA) is 98.4 Å². The van der Waals surface area contributed by atoms with E-state index in [2.05, 4.69) is 20.4 Å². The molecule has 19 heavy (non-hydrogen) atoms. The van der Waals surface area contributed by atoms with Crippen LogP contribution < -0.4 is 20.9 Å². The number of nitrogens with two attached hydrogens (primary N) is 1. The van der Waals surface area contributed by atoms with Gasteiger partial charge in [0, 0.05) is 26.3 Å². The number of hydrogen-bond acceptors (Lipinski definition) is 8. The summed E-state index contributed by atoms with van der Waals surface area (Å²) in [6.07, 6.45) is 1.91. The zero-order valence-corrected chi connectivity index (χ0v) is 11.3. The zero-order valence-electron chi connectivity index (χ0n) is 11.3. The SMILES string of the molecule is CCOc1nc(NN)nc(N(C)C2CCOCC2)n1. The van der Waals surface area contributed by atoms with Gasteiger partial charge >= 0.3 is 6.01 Å². The number of anilines is 2. The van der Waals surface area contributed by atoms with Crippen LogP contribution in [0.3, 0.4) is 0 Å². The van der Waals surface area contributed by atoms with Crippen LogP contribution in [0.4, 0.5) is 11.9 Å². The molecule has 1 fully saturated rings. The second kappa shape index (κ2) is 6.48. The monoisotopic (exact) mass is 268 g/mol. The average molecular weight is 268 g/mol. The van der Waals surface area contributed by atoms with Crippen molar-refractivity contribution in [3.05, 3.63) is 0 Å². The van der Waals surface area contributed by atoms with Crippen molar-refractivity contribution in [3.8, 4) is 6.01 Å². The number of hydrogen-bond donors (Lipinski definition) is 2. The third-order valence-electron chi connectivity index (χ3n) is 3.06. The molecule has 1 saturated heterocycles. The smallest absolute Gasteiger partial charge is 0.323 e. The summed E-state index contributed by atoms with van der Waals surface area (Å²) in [6, 6.07) is 0.635. The molecule has 0 spiro atoms. The van der Waals surface area contributed by atoms with Crippen LogP contribution in [0.25, 0.3) is 0 Å². The lowest BCUT2D eigenvalue weighted by atomic mass is 10.1. The maximum absolute atomic E-state index is 5.37. The van der Waals surface area contributed by atoms with E-state index in [-0.39, 0.29) is 6.01 Å². The summed E-state index contributed by atoms with van der Waals surface area (Å²) in [4.78, 5) is 14.6. The number of nitrogen functional groups attached to an aromatic ring is 1. The summed E-state index contributed by atoms with van der Waals surface area (Å²) >= 11 is 0. The summed E-state index contributed by atoms with van der Waals surface area (Å²) in [5.41, 5.74) is 2.43. The van der Waals surface area contributed by atoms with Gasteiger partial charge in [0.15, 0.2) is 0 Å². The zero-order chi connectivity index (χ0) is 13.7. The summed E-state index contributed by atoms with van der Waals surface area (Å²) in [5.74, 6) is 6.22. The van der Waals surface area contributed by atoms with Gasteiger partial charge < -0.3 is 14.4 Å². The number of hydrazine groups is 1. The highest BCUT2D eigenvalue weighted by Crippen LogP contribution is 2.20. The molecule has 106 valence electrons. The number of rotatable bonds is 5. The lowest BCUT2D eigenvalue weighted by molar-refractivity contribution is 0.0852. The molecule has 0 atom stereocenters. The van der Waals surface area contributed by atoms with Crippen molar-refractivity contribution < 1.29 is 9.47 Å². The first-order valence-corrected chi connectivity index (χ1v) is 6.40. The van der Waals surface area contributed by atoms with Crippen molar-refractivity contribution in [2.24, 2.45) is 5.84 Å². The van der Waals surface area contributed by atoms with E-state index in [0.29, 0.717) is 24.5 Å². The molecule has 3 N–H and O–H groups in total. The van der Waals surface area contributed by atoms with Crippen LogP contribution in [0, 0.1) is 0 Å². The molecule has 0 bridgehead atoms. The van der Waals surface area contributed by atoms with Crippen molar-refractivity contribution in [2.45, 2.75) is 25.8 Å². The fourth-order valence-corrected chi connectivity index (χ4v) is 2.00. The van der Waals surface area contributed by atoms with Gasteiger partial charge in [0.2, 0.25) is 11.9 Å². The van der Waals surface area contributed by atoms with Gasteiger partial charge in [-0.1, -0.05) is 0 Å². The Labute approximate surface area is 112 Å². The first kappa shape index (κ1) is 13.8. The van der Waals surface area contributed by atoms with Crippen LogP contribution in [0.15, 0.2) is 0 Å². The van der Waals surface area contributed by atoms with E-state index >= 15 is 0 Å². The van der Waals surface area contributed by atoms with Gasteiger partial charge in [-0.3, -0.25) is 5.43 Å². The average Bonchev–Trinajstić information content (AvgIpc) is 2.47. The van der Waals surface area contributed by atoms with Gasteiger partial charge in [-0.05, 0) is 19.8 Å². The second-order valence-electron chi connectivity index (χ2n) is 4.27. The predicted octanol–water partition coefficient (Wildman–Crippen LogP) is 0.171. The summed E-state index contributed by atoms with van der Waals surface area (Å²) in [6.45, 7) is 3.90. The van der Waals surface area contributed by atoms with E-state index < -0.39 is 0 Å². The third-order valence-corrected chi connectivity index (χ3v) is 3.06. The van der Waals surface area contributed by atoms with E-state index in [4.69, 9.17) is 15.3 Å². The highest BCUT2D eigenvalue weighted by atomic mass is 16.5. The van der Waals surface area contributed by atoms with Crippen LogP contribution in [0.2, 0.25) is 0 Å². The van der Waals surface area contributed by atoms with E-state index in [1.54, 1.807) is 0 Å². The van der Waals surface area contributed by atoms with Gasteiger partial charge in [0.25, 0.3) is 0 Å². The van der Waals surface area contributed by atoms with Gasteiger partial charge in [0.05, 0.1) is 6.61 Å². The maximum Gasteiger partial charge on any atom is 0.323 e. The molecule has 2 rings (SSSR count). The lowest BCUT2D eigenvalue weighted by Gasteiger charge is -2.31. The molecule has 0 unspecified atom stereocenters. The Hall–Kier alpha value is -1.67. The minimum atomic E-state index is 0.277. The number of aromatic nitrogens is 3. The highest BCUT2D eigenvalue weighted by Gasteiger charge is 2.21. The van der Waals surface area contributed by atoms with E-state index in [9.17, 15) is 0 Å². The lowest BCUT2D eigenvalue weighted by Crippen LogP contribution is -2.38. The Morgan fingerprint density at radius 3 is 2.74 bits per heavy atom. The molecule has 1 aromatic rings. The third kappa shape index (κ3) is 3.42. The summed E-state index contributed by atoms with van der Waals surface area (Å²) < 4.78 is 10.7. The van der Waals surface area contributed by atoms with Crippen LogP contribution >= 0.6 is 0 Å². The molecule has 2 heterocycles. The Kier molecular flexibility index (Phi) is 4.69. The number of nitrogens with one attached hydrogen (secondary N) is 1. The molecule has 0 aliphatic carbocycles. The number of nitrogens with zero attached hydrogens (tertiary/aromatic N) is 4. The van der Waals surface area contributed by atoms with E-state index in [1.807, 2.05) is 18.9 Å². The van der Waals surface area contributed by atoms with Gasteiger partial charge in [0.1, 0.15) is 0 Å². The van der Waals surface area contributed by atoms with Crippen LogP contribution in [-0.2, 0) is 4.74 Å². The van der Waals surface area contributed by atoms with Crippen molar-refractivity contribution in [2.75, 3.05) is 37.2 Å². The largest absolute Gasteiger partial charge is 0.464 e. The predicted molar refractivity (Wildman–Crippen MR) is 71.1 cm³/mol. The minimum absolute atomic E-state index is 0.277. The molecule has 0 amide bonds. The standard InChI is InChI=1S/C11H20N6O2/c1-3-19-11-14-9(16-12)13-10(15-11)17(2)8-4-6-18-7-5-8/h8H,3-7,12H2,1-2H3,(H,13,14,15,16). The fraction of sp³-hybridized carbons (Fsp3) is 0.727. The molecular weight excluding hydrogens is 248 g/mol. The van der Waals surface area contributed by atoms with Crippen LogP contribution in [0.5, 0.6) is 6.01 Å². The first-order valence-electron chi connectivity index (χ1n) is 6.40. The van der Waals surface area contributed by atoms with Crippen LogP contribution in [-0.4, -0.2) is 47.9 Å². The summed E-state index contributed by atoms with van der Waals surface area (Å²) in [7, 11) is 1.96. The molecule has 1 aliphatic heterocycles. The Morgan fingerprint density at radius 2 is 2.11 bits per heavy atom. The molecule has 1 aromatic heterocycles. The first-order chi connectivity index (χ1) is 9.24. The van der Waals surface area contributed by atoms with E-state index in [1.165, 1.54) is 0 Å². The molecule has 1 aliphatic rings. The molecule has 8 nitrogen and oxygen atoms in total.